The summed E-state index contributed by atoms with van der Waals surface area (Å²) in [5, 5.41) is 3.61. The van der Waals surface area contributed by atoms with Crippen molar-refractivity contribution in [2.75, 3.05) is 19.6 Å². The van der Waals surface area contributed by atoms with Gasteiger partial charge in [0.2, 0.25) is 0 Å². The Hall–Kier alpha value is -2.41. The quantitative estimate of drug-likeness (QED) is 0.655. The first kappa shape index (κ1) is 19.4. The van der Waals surface area contributed by atoms with Crippen molar-refractivity contribution in [3.63, 3.8) is 0 Å². The van der Waals surface area contributed by atoms with Gasteiger partial charge < -0.3 is 10.2 Å². The minimum Gasteiger partial charge on any atom is -0.327 e. The topological polar surface area (TPSA) is 83.0 Å². The number of hydrogen-bond donors (Lipinski definition) is 3. The number of imide groups is 1. The second-order valence-corrected chi connectivity index (χ2v) is 8.01. The average Bonchev–Trinajstić information content (AvgIpc) is 2.86. The molecule has 146 valence electrons. The molecule has 7 nitrogen and oxygen atoms in total. The van der Waals surface area contributed by atoms with Crippen LogP contribution >= 0.6 is 0 Å². The van der Waals surface area contributed by atoms with Crippen LogP contribution in [0.1, 0.15) is 39.2 Å². The van der Waals surface area contributed by atoms with E-state index in [2.05, 4.69) is 24.6 Å². The Kier molecular flexibility index (Phi) is 5.51. The van der Waals surface area contributed by atoms with Gasteiger partial charge in [-0.1, -0.05) is 51.1 Å². The predicted octanol–water partition coefficient (Wildman–Crippen LogP) is 0.436. The van der Waals surface area contributed by atoms with Crippen LogP contribution in [-0.2, 0) is 15.1 Å². The van der Waals surface area contributed by atoms with Crippen molar-refractivity contribution < 1.29 is 19.3 Å². The summed E-state index contributed by atoms with van der Waals surface area (Å²) in [5.74, 6) is 0.387. The predicted molar refractivity (Wildman–Crippen MR) is 100 cm³/mol. The van der Waals surface area contributed by atoms with Gasteiger partial charge in [-0.3, -0.25) is 15.0 Å². The summed E-state index contributed by atoms with van der Waals surface area (Å²) in [6, 6.07) is 8.55. The standard InChI is InChI=1S/C20H28N4O3/c1-4-20(16-8-6-5-7-9-16)18(26)24(19(27)21-20)22-17(25)13-23-11-14(2)10-15(3)12-23/h5-9,14-15H,4,10-13H2,1-3H3,(H,21,27)(H,22,25)/p+1/t14-,15-,20-/m0/s1. The third kappa shape index (κ3) is 3.83. The number of rotatable bonds is 5. The largest absolute Gasteiger partial charge is 0.344 e. The molecule has 2 heterocycles. The summed E-state index contributed by atoms with van der Waals surface area (Å²) in [6.45, 7) is 8.36. The van der Waals surface area contributed by atoms with Crippen LogP contribution in [0.5, 0.6) is 0 Å². The first-order chi connectivity index (χ1) is 12.9. The van der Waals surface area contributed by atoms with Crippen LogP contribution in [0, 0.1) is 11.8 Å². The van der Waals surface area contributed by atoms with Gasteiger partial charge in [-0.05, 0) is 18.4 Å². The molecule has 2 aliphatic heterocycles. The van der Waals surface area contributed by atoms with E-state index < -0.39 is 17.5 Å². The lowest BCUT2D eigenvalue weighted by molar-refractivity contribution is -0.904. The molecule has 2 fully saturated rings. The number of urea groups is 1. The van der Waals surface area contributed by atoms with Gasteiger partial charge in [0, 0.05) is 11.8 Å². The van der Waals surface area contributed by atoms with Crippen molar-refractivity contribution in [1.82, 2.24) is 15.8 Å². The first-order valence-electron chi connectivity index (χ1n) is 9.71. The summed E-state index contributed by atoms with van der Waals surface area (Å²) >= 11 is 0. The lowest BCUT2D eigenvalue weighted by Crippen LogP contribution is -3.15. The van der Waals surface area contributed by atoms with Gasteiger partial charge in [-0.2, -0.15) is 5.01 Å². The second-order valence-electron chi connectivity index (χ2n) is 8.01. The maximum Gasteiger partial charge on any atom is 0.344 e. The number of nitrogens with zero attached hydrogens (tertiary/aromatic N) is 1. The highest BCUT2D eigenvalue weighted by Gasteiger charge is 2.52. The van der Waals surface area contributed by atoms with E-state index in [1.165, 1.54) is 11.3 Å². The number of carbonyl (C=O) groups excluding carboxylic acids is 3. The van der Waals surface area contributed by atoms with E-state index >= 15 is 0 Å². The number of amides is 4. The van der Waals surface area contributed by atoms with Crippen LogP contribution in [-0.4, -0.2) is 42.5 Å². The molecule has 0 unspecified atom stereocenters. The van der Waals surface area contributed by atoms with Gasteiger partial charge in [0.1, 0.15) is 5.54 Å². The van der Waals surface area contributed by atoms with E-state index in [-0.39, 0.29) is 12.5 Å². The lowest BCUT2D eigenvalue weighted by Gasteiger charge is -2.31. The van der Waals surface area contributed by atoms with Crippen LogP contribution in [0.4, 0.5) is 4.79 Å². The van der Waals surface area contributed by atoms with Crippen molar-refractivity contribution in [3.05, 3.63) is 35.9 Å². The maximum atomic E-state index is 13.0. The molecule has 4 amide bonds. The van der Waals surface area contributed by atoms with Gasteiger partial charge in [0.05, 0.1) is 13.1 Å². The molecular formula is C20H29N4O3+. The number of likely N-dealkylation sites (tertiary alicyclic amines) is 1. The Labute approximate surface area is 160 Å². The van der Waals surface area contributed by atoms with Crippen molar-refractivity contribution in [2.24, 2.45) is 11.8 Å². The Bertz CT molecular complexity index is 713. The molecule has 0 spiro atoms. The fraction of sp³-hybridized carbons (Fsp3) is 0.550. The number of quaternary nitrogens is 1. The summed E-state index contributed by atoms with van der Waals surface area (Å²) in [7, 11) is 0. The molecule has 0 aliphatic carbocycles. The molecule has 2 saturated heterocycles. The molecule has 0 saturated carbocycles. The van der Waals surface area contributed by atoms with E-state index in [1.807, 2.05) is 37.3 Å². The van der Waals surface area contributed by atoms with Crippen molar-refractivity contribution in [2.45, 2.75) is 39.2 Å². The van der Waals surface area contributed by atoms with Gasteiger partial charge in [-0.15, -0.1) is 0 Å². The molecule has 3 atom stereocenters. The zero-order chi connectivity index (χ0) is 19.6. The molecule has 7 heteroatoms. The number of hydrazine groups is 1. The third-order valence-electron chi connectivity index (χ3n) is 5.61. The molecule has 0 aromatic heterocycles. The maximum absolute atomic E-state index is 13.0. The number of nitrogens with one attached hydrogen (secondary N) is 3. The molecule has 1 aromatic carbocycles. The Morgan fingerprint density at radius 3 is 2.44 bits per heavy atom. The summed E-state index contributed by atoms with van der Waals surface area (Å²) in [4.78, 5) is 39.2. The van der Waals surface area contributed by atoms with E-state index in [4.69, 9.17) is 0 Å². The number of piperidine rings is 1. The van der Waals surface area contributed by atoms with Crippen LogP contribution < -0.4 is 15.6 Å². The first-order valence-corrected chi connectivity index (χ1v) is 9.71. The number of benzene rings is 1. The van der Waals surface area contributed by atoms with E-state index in [0.29, 0.717) is 23.8 Å². The number of hydrogen-bond acceptors (Lipinski definition) is 3. The average molecular weight is 373 g/mol. The zero-order valence-corrected chi connectivity index (χ0v) is 16.2. The summed E-state index contributed by atoms with van der Waals surface area (Å²) in [5.41, 5.74) is 2.11. The fourth-order valence-corrected chi connectivity index (χ4v) is 4.50. The highest BCUT2D eigenvalue weighted by Crippen LogP contribution is 2.31. The Morgan fingerprint density at radius 2 is 1.85 bits per heavy atom. The molecule has 3 N–H and O–H groups in total. The minimum atomic E-state index is -1.13. The minimum absolute atomic E-state index is 0.260. The van der Waals surface area contributed by atoms with Crippen LogP contribution in [0.15, 0.2) is 30.3 Å². The SMILES string of the molecule is CC[C@@]1(c2ccccc2)NC(=O)N(NC(=O)C[NH+]2C[C@@H](C)C[C@H](C)C2)C1=O. The highest BCUT2D eigenvalue weighted by molar-refractivity contribution is 6.08. The van der Waals surface area contributed by atoms with Crippen molar-refractivity contribution >= 4 is 17.8 Å². The normalized spacial score (nSPS) is 30.9. The molecule has 1 aromatic rings. The van der Waals surface area contributed by atoms with Crippen LogP contribution in [0.3, 0.4) is 0 Å². The molecule has 27 heavy (non-hydrogen) atoms. The van der Waals surface area contributed by atoms with E-state index in [1.54, 1.807) is 0 Å². The molecular weight excluding hydrogens is 344 g/mol. The van der Waals surface area contributed by atoms with Crippen molar-refractivity contribution in [3.8, 4) is 0 Å². The van der Waals surface area contributed by atoms with Gasteiger partial charge >= 0.3 is 6.03 Å². The highest BCUT2D eigenvalue weighted by atomic mass is 16.2. The molecule has 0 radical (unpaired) electrons. The third-order valence-corrected chi connectivity index (χ3v) is 5.61. The summed E-state index contributed by atoms with van der Waals surface area (Å²) in [6.07, 6.45) is 1.58. The number of carbonyl (C=O) groups is 3. The lowest BCUT2D eigenvalue weighted by atomic mass is 9.87. The Morgan fingerprint density at radius 1 is 1.22 bits per heavy atom. The van der Waals surface area contributed by atoms with Crippen LogP contribution in [0.2, 0.25) is 0 Å². The smallest absolute Gasteiger partial charge is 0.327 e. The molecule has 2 aliphatic rings. The van der Waals surface area contributed by atoms with E-state index in [9.17, 15) is 14.4 Å². The van der Waals surface area contributed by atoms with Gasteiger partial charge in [0.15, 0.2) is 6.54 Å². The Balaban J connectivity index is 1.69. The second kappa shape index (κ2) is 7.68. The monoisotopic (exact) mass is 373 g/mol. The van der Waals surface area contributed by atoms with Crippen LogP contribution in [0.25, 0.3) is 0 Å². The fourth-order valence-electron chi connectivity index (χ4n) is 4.50. The molecule has 3 rings (SSSR count). The van der Waals surface area contributed by atoms with E-state index in [0.717, 1.165) is 18.1 Å². The van der Waals surface area contributed by atoms with Gasteiger partial charge in [-0.25, -0.2) is 4.79 Å². The van der Waals surface area contributed by atoms with Crippen molar-refractivity contribution in [1.29, 1.82) is 0 Å². The molecule has 0 bridgehead atoms. The summed E-state index contributed by atoms with van der Waals surface area (Å²) < 4.78 is 0. The zero-order valence-electron chi connectivity index (χ0n) is 16.2. The van der Waals surface area contributed by atoms with Gasteiger partial charge in [0.25, 0.3) is 11.8 Å².